The van der Waals surface area contributed by atoms with E-state index in [4.69, 9.17) is 8.92 Å². The van der Waals surface area contributed by atoms with E-state index in [1.807, 2.05) is 19.1 Å². The predicted molar refractivity (Wildman–Crippen MR) is 91.2 cm³/mol. The van der Waals surface area contributed by atoms with Crippen molar-refractivity contribution in [3.05, 3.63) is 23.8 Å². The molecule has 1 aromatic carbocycles. The van der Waals surface area contributed by atoms with Crippen molar-refractivity contribution in [2.24, 2.45) is 0 Å². The zero-order valence-electron chi connectivity index (χ0n) is 14.1. The van der Waals surface area contributed by atoms with Crippen LogP contribution in [0.4, 0.5) is 16.2 Å². The third-order valence-corrected chi connectivity index (χ3v) is 4.79. The maximum absolute atomic E-state index is 12.3. The summed E-state index contributed by atoms with van der Waals surface area (Å²) in [4.78, 5) is 27.6. The molecule has 1 aromatic rings. The summed E-state index contributed by atoms with van der Waals surface area (Å²) in [5, 5.41) is 0. The van der Waals surface area contributed by atoms with Gasteiger partial charge in [-0.2, -0.15) is 8.42 Å². The fourth-order valence-electron chi connectivity index (χ4n) is 3.15. The molecule has 0 N–H and O–H groups in total. The molecule has 1 saturated heterocycles. The van der Waals surface area contributed by atoms with Gasteiger partial charge < -0.3 is 9.64 Å². The van der Waals surface area contributed by atoms with E-state index in [1.54, 1.807) is 11.0 Å². The van der Waals surface area contributed by atoms with Crippen molar-refractivity contribution in [3.8, 4) is 0 Å². The van der Waals surface area contributed by atoms with Crippen molar-refractivity contribution < 1.29 is 26.9 Å². The second kappa shape index (κ2) is 6.64. The van der Waals surface area contributed by atoms with Crippen LogP contribution in [-0.2, 0) is 30.3 Å². The van der Waals surface area contributed by atoms with Gasteiger partial charge in [0.15, 0.2) is 0 Å². The van der Waals surface area contributed by atoms with Crippen LogP contribution in [0.25, 0.3) is 0 Å². The molecule has 2 amide bonds. The maximum atomic E-state index is 12.3. The first-order valence-corrected chi connectivity index (χ1v) is 9.86. The first-order valence-electron chi connectivity index (χ1n) is 8.05. The lowest BCUT2D eigenvalue weighted by Gasteiger charge is -2.32. The average molecular weight is 368 g/mol. The molecule has 2 aliphatic heterocycles. The Balaban J connectivity index is 1.88. The predicted octanol–water partition coefficient (Wildman–Crippen LogP) is 1.29. The minimum absolute atomic E-state index is 0.0203. The zero-order valence-corrected chi connectivity index (χ0v) is 14.9. The largest absolute Gasteiger partial charge is 0.441 e. The van der Waals surface area contributed by atoms with E-state index in [9.17, 15) is 18.0 Å². The fourth-order valence-corrected chi connectivity index (χ4v) is 3.55. The average Bonchev–Trinajstić information content (AvgIpc) is 2.92. The molecule has 2 heterocycles. The van der Waals surface area contributed by atoms with Crippen LogP contribution < -0.4 is 9.80 Å². The van der Waals surface area contributed by atoms with Crippen LogP contribution in [0, 0.1) is 0 Å². The summed E-state index contributed by atoms with van der Waals surface area (Å²) in [6, 6.07) is 5.55. The van der Waals surface area contributed by atoms with E-state index < -0.39 is 22.3 Å². The van der Waals surface area contributed by atoms with Crippen molar-refractivity contribution in [1.82, 2.24) is 0 Å². The number of nitrogens with zero attached hydrogens (tertiary/aromatic N) is 2. The number of benzene rings is 1. The summed E-state index contributed by atoms with van der Waals surface area (Å²) in [5.74, 6) is 0.0203. The first kappa shape index (κ1) is 17.7. The van der Waals surface area contributed by atoms with Crippen LogP contribution in [0.3, 0.4) is 0 Å². The molecule has 8 nitrogen and oxygen atoms in total. The highest BCUT2D eigenvalue weighted by Crippen LogP contribution is 2.38. The number of fused-ring (bicyclic) bond motifs is 1. The Hall–Kier alpha value is -2.13. The standard InChI is InChI=1S/C16H20N2O6S/c1-3-17-14(19)8-7-11-5-4-6-13(15(11)17)18-9-12(24-16(18)20)10-23-25(2,21)22/h4-6,12H,3,7-10H2,1-2H3/t12-/m1/s1. The van der Waals surface area contributed by atoms with Gasteiger partial charge in [-0.25, -0.2) is 4.79 Å². The zero-order chi connectivity index (χ0) is 18.2. The summed E-state index contributed by atoms with van der Waals surface area (Å²) in [5.41, 5.74) is 2.32. The number of anilines is 2. The first-order chi connectivity index (χ1) is 11.8. The number of hydrogen-bond acceptors (Lipinski definition) is 6. The summed E-state index contributed by atoms with van der Waals surface area (Å²) in [6.07, 6.45) is 0.749. The number of aryl methyl sites for hydroxylation is 1. The van der Waals surface area contributed by atoms with E-state index in [1.165, 1.54) is 4.90 Å². The number of carbonyl (C=O) groups excluding carboxylic acids is 2. The van der Waals surface area contributed by atoms with E-state index in [-0.39, 0.29) is 19.1 Å². The number of carbonyl (C=O) groups is 2. The molecule has 0 aromatic heterocycles. The summed E-state index contributed by atoms with van der Waals surface area (Å²) in [7, 11) is -3.61. The van der Waals surface area contributed by atoms with Gasteiger partial charge in [0.25, 0.3) is 10.1 Å². The molecule has 136 valence electrons. The van der Waals surface area contributed by atoms with Crippen molar-refractivity contribution in [1.29, 1.82) is 0 Å². The Kier molecular flexibility index (Phi) is 4.70. The molecular weight excluding hydrogens is 348 g/mol. The van der Waals surface area contributed by atoms with Crippen molar-refractivity contribution >= 4 is 33.5 Å². The molecule has 9 heteroatoms. The lowest BCUT2D eigenvalue weighted by molar-refractivity contribution is -0.118. The smallest absolute Gasteiger partial charge is 0.414 e. The van der Waals surface area contributed by atoms with E-state index in [2.05, 4.69) is 0 Å². The monoisotopic (exact) mass is 368 g/mol. The second-order valence-corrected chi connectivity index (χ2v) is 7.67. The van der Waals surface area contributed by atoms with Crippen molar-refractivity contribution in [2.75, 3.05) is 35.8 Å². The molecule has 0 spiro atoms. The Morgan fingerprint density at radius 1 is 1.28 bits per heavy atom. The molecule has 3 rings (SSSR count). The highest BCUT2D eigenvalue weighted by atomic mass is 32.2. The number of amides is 2. The van der Waals surface area contributed by atoms with Gasteiger partial charge in [0, 0.05) is 13.0 Å². The van der Waals surface area contributed by atoms with Gasteiger partial charge in [0.05, 0.1) is 24.2 Å². The molecule has 25 heavy (non-hydrogen) atoms. The second-order valence-electron chi connectivity index (χ2n) is 6.03. The van der Waals surface area contributed by atoms with E-state index in [0.29, 0.717) is 25.1 Å². The molecular formula is C16H20N2O6S. The van der Waals surface area contributed by atoms with E-state index >= 15 is 0 Å². The molecule has 1 atom stereocenters. The molecule has 0 saturated carbocycles. The Bertz CT molecular complexity index is 807. The highest BCUT2D eigenvalue weighted by Gasteiger charge is 2.37. The number of rotatable bonds is 5. The molecule has 0 radical (unpaired) electrons. The summed E-state index contributed by atoms with van der Waals surface area (Å²) in [6.45, 7) is 2.32. The number of hydrogen-bond donors (Lipinski definition) is 0. The topological polar surface area (TPSA) is 93.2 Å². The Morgan fingerprint density at radius 3 is 2.72 bits per heavy atom. The van der Waals surface area contributed by atoms with Crippen LogP contribution in [-0.4, -0.2) is 52.5 Å². The number of cyclic esters (lactones) is 1. The minimum atomic E-state index is -3.61. The summed E-state index contributed by atoms with van der Waals surface area (Å²) >= 11 is 0. The molecule has 0 aliphatic carbocycles. The third-order valence-electron chi connectivity index (χ3n) is 4.23. The van der Waals surface area contributed by atoms with Gasteiger partial charge >= 0.3 is 6.09 Å². The number of para-hydroxylation sites is 1. The van der Waals surface area contributed by atoms with Gasteiger partial charge in [-0.3, -0.25) is 13.9 Å². The minimum Gasteiger partial charge on any atom is -0.441 e. The summed E-state index contributed by atoms with van der Waals surface area (Å²) < 4.78 is 32.1. The SMILES string of the molecule is CCN1C(=O)CCc2cccc(N3C[C@H](COS(C)(=O)=O)OC3=O)c21. The molecule has 1 fully saturated rings. The third kappa shape index (κ3) is 3.62. The van der Waals surface area contributed by atoms with Crippen LogP contribution in [0.1, 0.15) is 18.9 Å². The van der Waals surface area contributed by atoms with Gasteiger partial charge in [0.1, 0.15) is 12.7 Å². The molecule has 0 bridgehead atoms. The van der Waals surface area contributed by atoms with Gasteiger partial charge in [-0.1, -0.05) is 12.1 Å². The molecule has 0 unspecified atom stereocenters. The number of ether oxygens (including phenoxy) is 1. The van der Waals surface area contributed by atoms with Gasteiger partial charge in [-0.15, -0.1) is 0 Å². The van der Waals surface area contributed by atoms with E-state index in [0.717, 1.165) is 17.5 Å². The highest BCUT2D eigenvalue weighted by molar-refractivity contribution is 7.85. The lowest BCUT2D eigenvalue weighted by Crippen LogP contribution is -2.37. The normalized spacial score (nSPS) is 20.6. The Labute approximate surface area is 146 Å². The van der Waals surface area contributed by atoms with Crippen LogP contribution in [0.2, 0.25) is 0 Å². The maximum Gasteiger partial charge on any atom is 0.414 e. The van der Waals surface area contributed by atoms with Crippen molar-refractivity contribution in [3.63, 3.8) is 0 Å². The van der Waals surface area contributed by atoms with Crippen molar-refractivity contribution in [2.45, 2.75) is 25.9 Å². The quantitative estimate of drug-likeness (QED) is 0.727. The van der Waals surface area contributed by atoms with Crippen LogP contribution in [0.15, 0.2) is 18.2 Å². The van der Waals surface area contributed by atoms with Gasteiger partial charge in [0.2, 0.25) is 5.91 Å². The fraction of sp³-hybridized carbons (Fsp3) is 0.500. The lowest BCUT2D eigenvalue weighted by atomic mass is 9.99. The van der Waals surface area contributed by atoms with Gasteiger partial charge in [-0.05, 0) is 25.0 Å². The molecule has 2 aliphatic rings. The van der Waals surface area contributed by atoms with Crippen LogP contribution in [0.5, 0.6) is 0 Å². The Morgan fingerprint density at radius 2 is 2.04 bits per heavy atom. The van der Waals surface area contributed by atoms with Crippen LogP contribution >= 0.6 is 0 Å².